The molecule has 0 radical (unpaired) electrons. The number of carbonyl (C=O) groups excluding carboxylic acids is 1. The average Bonchev–Trinajstić information content (AvgIpc) is 2.44. The Morgan fingerprint density at radius 1 is 1.29 bits per heavy atom. The summed E-state index contributed by atoms with van der Waals surface area (Å²) in [7, 11) is 0. The number of carbonyl (C=O) groups is 1. The second kappa shape index (κ2) is 5.26. The maximum Gasteiger partial charge on any atom is 0.224 e. The van der Waals surface area contributed by atoms with Gasteiger partial charge in [0, 0.05) is 25.0 Å². The van der Waals surface area contributed by atoms with Gasteiger partial charge in [-0.05, 0) is 41.9 Å². The largest absolute Gasteiger partial charge is 0.339 e. The maximum absolute atomic E-state index is 12.7. The van der Waals surface area contributed by atoms with E-state index < -0.39 is 0 Å². The van der Waals surface area contributed by atoms with Crippen LogP contribution in [-0.4, -0.2) is 29.4 Å². The van der Waals surface area contributed by atoms with E-state index in [1.165, 1.54) is 12.8 Å². The zero-order valence-electron chi connectivity index (χ0n) is 14.8. The highest BCUT2D eigenvalue weighted by atomic mass is 16.2. The van der Waals surface area contributed by atoms with E-state index in [1.54, 1.807) is 0 Å². The molecule has 2 fully saturated rings. The van der Waals surface area contributed by atoms with Crippen LogP contribution in [0.5, 0.6) is 0 Å². The lowest BCUT2D eigenvalue weighted by Crippen LogP contribution is -2.41. The van der Waals surface area contributed by atoms with Gasteiger partial charge in [0.25, 0.3) is 0 Å². The second-order valence-electron chi connectivity index (χ2n) is 9.96. The van der Waals surface area contributed by atoms with Crippen molar-refractivity contribution >= 4 is 5.91 Å². The first kappa shape index (κ1) is 16.8. The molecule has 3 unspecified atom stereocenters. The summed E-state index contributed by atoms with van der Waals surface area (Å²) in [6, 6.07) is 0.423. The Bertz CT molecular complexity index is 410. The lowest BCUT2D eigenvalue weighted by Gasteiger charge is -2.39. The first-order valence-corrected chi connectivity index (χ1v) is 8.44. The lowest BCUT2D eigenvalue weighted by molar-refractivity contribution is -0.132. The molecule has 3 atom stereocenters. The van der Waals surface area contributed by atoms with Crippen molar-refractivity contribution in [3.8, 4) is 0 Å². The summed E-state index contributed by atoms with van der Waals surface area (Å²) >= 11 is 0. The van der Waals surface area contributed by atoms with Gasteiger partial charge in [0.15, 0.2) is 0 Å². The molecule has 0 spiro atoms. The lowest BCUT2D eigenvalue weighted by atomic mass is 9.65. The van der Waals surface area contributed by atoms with Gasteiger partial charge in [0.05, 0.1) is 0 Å². The standard InChI is InChI=1S/C18H34N2O/c1-16(2,3)8-13(19)7-15(21)20-12-18(6)10-14(20)9-17(4,5)11-18/h13-14H,7-12,19H2,1-6H3. The van der Waals surface area contributed by atoms with Crippen molar-refractivity contribution in [3.05, 3.63) is 0 Å². The Labute approximate surface area is 130 Å². The van der Waals surface area contributed by atoms with Crippen LogP contribution >= 0.6 is 0 Å². The molecule has 2 N–H and O–H groups in total. The number of nitrogens with zero attached hydrogens (tertiary/aromatic N) is 1. The van der Waals surface area contributed by atoms with Gasteiger partial charge in [-0.15, -0.1) is 0 Å². The van der Waals surface area contributed by atoms with Crippen molar-refractivity contribution < 1.29 is 4.79 Å². The highest BCUT2D eigenvalue weighted by Crippen LogP contribution is 2.52. The first-order chi connectivity index (χ1) is 9.39. The van der Waals surface area contributed by atoms with Crippen LogP contribution in [0.1, 0.15) is 73.6 Å². The molecule has 1 aliphatic heterocycles. The molecule has 3 heteroatoms. The first-order valence-electron chi connectivity index (χ1n) is 8.44. The fraction of sp³-hybridized carbons (Fsp3) is 0.944. The Hall–Kier alpha value is -0.570. The molecule has 1 saturated heterocycles. The van der Waals surface area contributed by atoms with Crippen LogP contribution < -0.4 is 5.73 Å². The van der Waals surface area contributed by atoms with Crippen LogP contribution in [0.15, 0.2) is 0 Å². The molecule has 0 aromatic rings. The molecule has 21 heavy (non-hydrogen) atoms. The molecule has 2 bridgehead atoms. The van der Waals surface area contributed by atoms with Crippen molar-refractivity contribution in [2.45, 2.75) is 85.7 Å². The van der Waals surface area contributed by atoms with E-state index in [0.717, 1.165) is 19.4 Å². The molecular weight excluding hydrogens is 260 g/mol. The number of nitrogens with two attached hydrogens (primary N) is 1. The van der Waals surface area contributed by atoms with Gasteiger partial charge in [-0.1, -0.05) is 41.5 Å². The van der Waals surface area contributed by atoms with Crippen molar-refractivity contribution in [2.24, 2.45) is 22.0 Å². The van der Waals surface area contributed by atoms with Crippen LogP contribution in [0.2, 0.25) is 0 Å². The fourth-order valence-electron chi connectivity index (χ4n) is 4.95. The van der Waals surface area contributed by atoms with E-state index in [1.807, 2.05) is 0 Å². The number of hydrogen-bond donors (Lipinski definition) is 1. The van der Waals surface area contributed by atoms with Crippen LogP contribution in [0, 0.1) is 16.2 Å². The molecule has 1 heterocycles. The molecule has 2 rings (SSSR count). The second-order valence-corrected chi connectivity index (χ2v) is 9.96. The van der Waals surface area contributed by atoms with Crippen molar-refractivity contribution in [1.29, 1.82) is 0 Å². The topological polar surface area (TPSA) is 46.3 Å². The van der Waals surface area contributed by atoms with Crippen LogP contribution in [-0.2, 0) is 4.79 Å². The molecule has 1 amide bonds. The van der Waals surface area contributed by atoms with E-state index in [9.17, 15) is 4.79 Å². The van der Waals surface area contributed by atoms with Gasteiger partial charge in [-0.3, -0.25) is 4.79 Å². The minimum absolute atomic E-state index is 0.0150. The zero-order chi connectivity index (χ0) is 16.1. The van der Waals surface area contributed by atoms with Gasteiger partial charge in [-0.2, -0.15) is 0 Å². The average molecular weight is 294 g/mol. The maximum atomic E-state index is 12.7. The van der Waals surface area contributed by atoms with Gasteiger partial charge < -0.3 is 10.6 Å². The van der Waals surface area contributed by atoms with Gasteiger partial charge >= 0.3 is 0 Å². The van der Waals surface area contributed by atoms with E-state index in [2.05, 4.69) is 46.4 Å². The van der Waals surface area contributed by atoms with Gasteiger partial charge in [0.2, 0.25) is 5.91 Å². The van der Waals surface area contributed by atoms with Crippen molar-refractivity contribution in [3.63, 3.8) is 0 Å². The number of hydrogen-bond acceptors (Lipinski definition) is 2. The van der Waals surface area contributed by atoms with E-state index in [0.29, 0.717) is 23.3 Å². The van der Waals surface area contributed by atoms with Crippen LogP contribution in [0.3, 0.4) is 0 Å². The number of likely N-dealkylation sites (tertiary alicyclic amines) is 1. The molecule has 2 aliphatic rings. The summed E-state index contributed by atoms with van der Waals surface area (Å²) in [5.41, 5.74) is 7.07. The molecule has 0 aromatic carbocycles. The molecule has 1 saturated carbocycles. The highest BCUT2D eigenvalue weighted by Gasteiger charge is 2.50. The molecule has 122 valence electrons. The summed E-state index contributed by atoms with van der Waals surface area (Å²) < 4.78 is 0. The van der Waals surface area contributed by atoms with E-state index >= 15 is 0 Å². The van der Waals surface area contributed by atoms with Crippen LogP contribution in [0.25, 0.3) is 0 Å². The Morgan fingerprint density at radius 2 is 1.90 bits per heavy atom. The molecular formula is C18H34N2O. The summed E-state index contributed by atoms with van der Waals surface area (Å²) in [5.74, 6) is 0.276. The predicted molar refractivity (Wildman–Crippen MR) is 87.9 cm³/mol. The molecule has 1 aliphatic carbocycles. The predicted octanol–water partition coefficient (Wildman–Crippen LogP) is 3.57. The minimum Gasteiger partial charge on any atom is -0.339 e. The smallest absolute Gasteiger partial charge is 0.224 e. The molecule has 3 nitrogen and oxygen atoms in total. The summed E-state index contributed by atoms with van der Waals surface area (Å²) in [6.45, 7) is 14.5. The monoisotopic (exact) mass is 294 g/mol. The third kappa shape index (κ3) is 4.21. The number of amides is 1. The fourth-order valence-corrected chi connectivity index (χ4v) is 4.95. The summed E-state index contributed by atoms with van der Waals surface area (Å²) in [5, 5.41) is 0. The van der Waals surface area contributed by atoms with Gasteiger partial charge in [0.1, 0.15) is 0 Å². The Morgan fingerprint density at radius 3 is 2.48 bits per heavy atom. The van der Waals surface area contributed by atoms with Crippen molar-refractivity contribution in [1.82, 2.24) is 4.90 Å². The Balaban J connectivity index is 1.98. The van der Waals surface area contributed by atoms with Crippen molar-refractivity contribution in [2.75, 3.05) is 6.54 Å². The van der Waals surface area contributed by atoms with Crippen LogP contribution in [0.4, 0.5) is 0 Å². The number of fused-ring (bicyclic) bond motifs is 2. The SMILES string of the molecule is CC(C)(C)CC(N)CC(=O)N1CC2(C)CC1CC(C)(C)C2. The third-order valence-electron chi connectivity index (χ3n) is 5.05. The zero-order valence-corrected chi connectivity index (χ0v) is 14.8. The number of rotatable bonds is 3. The normalized spacial score (nSPS) is 33.1. The van der Waals surface area contributed by atoms with Gasteiger partial charge in [-0.25, -0.2) is 0 Å². The highest BCUT2D eigenvalue weighted by molar-refractivity contribution is 5.77. The Kier molecular flexibility index (Phi) is 4.20. The van der Waals surface area contributed by atoms with E-state index in [4.69, 9.17) is 5.73 Å². The summed E-state index contributed by atoms with van der Waals surface area (Å²) in [4.78, 5) is 14.8. The quantitative estimate of drug-likeness (QED) is 0.865. The van der Waals surface area contributed by atoms with E-state index in [-0.39, 0.29) is 17.4 Å². The molecule has 0 aromatic heterocycles. The third-order valence-corrected chi connectivity index (χ3v) is 5.05. The summed E-state index contributed by atoms with van der Waals surface area (Å²) in [6.07, 6.45) is 4.96. The minimum atomic E-state index is -0.0150.